The summed E-state index contributed by atoms with van der Waals surface area (Å²) in [5, 5.41) is 4.48. The fourth-order valence-electron chi connectivity index (χ4n) is 3.64. The van der Waals surface area contributed by atoms with Gasteiger partial charge < -0.3 is 14.1 Å². The van der Waals surface area contributed by atoms with Gasteiger partial charge in [-0.1, -0.05) is 0 Å². The molecule has 1 fully saturated rings. The number of likely N-dealkylation sites (tertiary alicyclic amines) is 1. The maximum atomic E-state index is 12.6. The fraction of sp³-hybridized carbons (Fsp3) is 0.556. The maximum absolute atomic E-state index is 12.6. The number of likely N-dealkylation sites (N-methyl/N-ethyl adjacent to an activating group) is 1. The Morgan fingerprint density at radius 1 is 1.52 bits per heavy atom. The Balaban J connectivity index is 1.71. The van der Waals surface area contributed by atoms with Gasteiger partial charge >= 0.3 is 0 Å². The average molecular weight is 346 g/mol. The first-order valence-electron chi connectivity index (χ1n) is 8.59. The fourth-order valence-corrected chi connectivity index (χ4v) is 3.64. The molecule has 1 saturated heterocycles. The van der Waals surface area contributed by atoms with Crippen LogP contribution in [0.5, 0.6) is 5.88 Å². The van der Waals surface area contributed by atoms with E-state index in [2.05, 4.69) is 10.00 Å². The van der Waals surface area contributed by atoms with Gasteiger partial charge in [0.1, 0.15) is 5.76 Å². The van der Waals surface area contributed by atoms with Crippen LogP contribution in [0, 0.1) is 6.92 Å². The molecule has 0 N–H and O–H groups in total. The zero-order chi connectivity index (χ0) is 18.0. The van der Waals surface area contributed by atoms with Gasteiger partial charge in [-0.05, 0) is 38.4 Å². The number of methoxy groups -OCH3 is 1. The Morgan fingerprint density at radius 3 is 3.00 bits per heavy atom. The molecule has 1 unspecified atom stereocenters. The van der Waals surface area contributed by atoms with Crippen molar-refractivity contribution >= 4 is 5.91 Å². The van der Waals surface area contributed by atoms with Crippen molar-refractivity contribution in [3.05, 3.63) is 35.4 Å². The van der Waals surface area contributed by atoms with Gasteiger partial charge in [0.2, 0.25) is 11.8 Å². The molecule has 7 nitrogen and oxygen atoms in total. The molecule has 0 spiro atoms. The molecular weight excluding hydrogens is 320 g/mol. The third kappa shape index (κ3) is 3.56. The lowest BCUT2D eigenvalue weighted by molar-refractivity contribution is -0.132. The number of carbonyl (C=O) groups is 1. The highest BCUT2D eigenvalue weighted by Gasteiger charge is 2.33. The normalized spacial score (nSPS) is 17.8. The average Bonchev–Trinajstić information content (AvgIpc) is 3.28. The molecule has 0 aromatic carbocycles. The van der Waals surface area contributed by atoms with Gasteiger partial charge in [0.05, 0.1) is 37.7 Å². The molecular formula is C18H26N4O3. The summed E-state index contributed by atoms with van der Waals surface area (Å²) in [6, 6.07) is 3.89. The van der Waals surface area contributed by atoms with Crippen molar-refractivity contribution in [2.24, 2.45) is 7.05 Å². The minimum Gasteiger partial charge on any atom is -0.481 e. The van der Waals surface area contributed by atoms with Crippen molar-refractivity contribution in [3.8, 4) is 5.88 Å². The van der Waals surface area contributed by atoms with Crippen molar-refractivity contribution < 1.29 is 13.9 Å². The van der Waals surface area contributed by atoms with E-state index in [9.17, 15) is 4.79 Å². The highest BCUT2D eigenvalue weighted by atomic mass is 16.5. The van der Waals surface area contributed by atoms with E-state index in [1.807, 2.05) is 33.2 Å². The molecule has 7 heteroatoms. The maximum Gasteiger partial charge on any atom is 0.236 e. The van der Waals surface area contributed by atoms with Gasteiger partial charge in [-0.25, -0.2) is 4.68 Å². The van der Waals surface area contributed by atoms with Crippen molar-refractivity contribution in [1.82, 2.24) is 19.6 Å². The molecule has 3 rings (SSSR count). The van der Waals surface area contributed by atoms with Crippen LogP contribution in [0.1, 0.15) is 35.9 Å². The van der Waals surface area contributed by atoms with Crippen molar-refractivity contribution in [3.63, 3.8) is 0 Å². The molecule has 0 bridgehead atoms. The van der Waals surface area contributed by atoms with Gasteiger partial charge in [-0.3, -0.25) is 9.69 Å². The molecule has 1 amide bonds. The molecule has 0 saturated carbocycles. The zero-order valence-corrected chi connectivity index (χ0v) is 15.4. The quantitative estimate of drug-likeness (QED) is 0.802. The summed E-state index contributed by atoms with van der Waals surface area (Å²) >= 11 is 0. The van der Waals surface area contributed by atoms with Crippen LogP contribution in [0.4, 0.5) is 0 Å². The lowest BCUT2D eigenvalue weighted by Crippen LogP contribution is -2.38. The third-order valence-corrected chi connectivity index (χ3v) is 4.84. The van der Waals surface area contributed by atoms with E-state index in [4.69, 9.17) is 9.15 Å². The lowest BCUT2D eigenvalue weighted by atomic mass is 10.0. The van der Waals surface area contributed by atoms with Gasteiger partial charge in [0.25, 0.3) is 0 Å². The van der Waals surface area contributed by atoms with Gasteiger partial charge in [0.15, 0.2) is 0 Å². The standard InChI is InChI=1S/C18H26N4O3/c1-13-17(18(24-4)21(3)19-13)15-8-5-9-22(15)12-16(23)20(2)11-14-7-6-10-25-14/h6-7,10,15H,5,8-9,11-12H2,1-4H3. The molecule has 0 aliphatic carbocycles. The Labute approximate surface area is 148 Å². The van der Waals surface area contributed by atoms with Gasteiger partial charge in [-0.15, -0.1) is 0 Å². The highest BCUT2D eigenvalue weighted by Crippen LogP contribution is 2.38. The number of furan rings is 1. The minimum atomic E-state index is 0.0869. The van der Waals surface area contributed by atoms with E-state index in [1.165, 1.54) is 0 Å². The number of carbonyl (C=O) groups excluding carboxylic acids is 1. The van der Waals surface area contributed by atoms with Crippen LogP contribution in [0.3, 0.4) is 0 Å². The largest absolute Gasteiger partial charge is 0.481 e. The molecule has 3 heterocycles. The second-order valence-electron chi connectivity index (χ2n) is 6.59. The topological polar surface area (TPSA) is 63.7 Å². The summed E-state index contributed by atoms with van der Waals surface area (Å²) < 4.78 is 12.6. The van der Waals surface area contributed by atoms with Crippen molar-refractivity contribution in [2.75, 3.05) is 27.2 Å². The lowest BCUT2D eigenvalue weighted by Gasteiger charge is -2.26. The Kier molecular flexibility index (Phi) is 5.13. The summed E-state index contributed by atoms with van der Waals surface area (Å²) in [6.07, 6.45) is 3.71. The van der Waals surface area contributed by atoms with Crippen LogP contribution in [-0.2, 0) is 18.4 Å². The smallest absolute Gasteiger partial charge is 0.236 e. The van der Waals surface area contributed by atoms with Gasteiger partial charge in [-0.2, -0.15) is 5.10 Å². The number of amides is 1. The minimum absolute atomic E-state index is 0.0869. The van der Waals surface area contributed by atoms with Gasteiger partial charge in [0, 0.05) is 20.1 Å². The second-order valence-corrected chi connectivity index (χ2v) is 6.59. The number of nitrogens with zero attached hydrogens (tertiary/aromatic N) is 4. The van der Waals surface area contributed by atoms with Crippen molar-refractivity contribution in [1.29, 1.82) is 0 Å². The summed E-state index contributed by atoms with van der Waals surface area (Å²) in [5.41, 5.74) is 2.07. The van der Waals surface area contributed by atoms with Crippen LogP contribution in [0.15, 0.2) is 22.8 Å². The number of aromatic nitrogens is 2. The summed E-state index contributed by atoms with van der Waals surface area (Å²) in [5.74, 6) is 1.66. The van der Waals surface area contributed by atoms with E-state index in [0.717, 1.165) is 42.3 Å². The molecule has 2 aromatic rings. The van der Waals surface area contributed by atoms with Crippen molar-refractivity contribution in [2.45, 2.75) is 32.4 Å². The molecule has 2 aromatic heterocycles. The zero-order valence-electron chi connectivity index (χ0n) is 15.4. The summed E-state index contributed by atoms with van der Waals surface area (Å²) in [4.78, 5) is 16.6. The van der Waals surface area contributed by atoms with Crippen LogP contribution in [-0.4, -0.2) is 52.7 Å². The predicted molar refractivity (Wildman–Crippen MR) is 93.2 cm³/mol. The van der Waals surface area contributed by atoms with E-state index < -0.39 is 0 Å². The Bertz CT molecular complexity index is 723. The Hall–Kier alpha value is -2.28. The van der Waals surface area contributed by atoms with Crippen LogP contribution in [0.2, 0.25) is 0 Å². The monoisotopic (exact) mass is 346 g/mol. The van der Waals surface area contributed by atoms with Crippen LogP contribution < -0.4 is 4.74 Å². The summed E-state index contributed by atoms with van der Waals surface area (Å²) in [6.45, 7) is 3.78. The molecule has 1 aliphatic rings. The summed E-state index contributed by atoms with van der Waals surface area (Å²) in [7, 11) is 5.37. The van der Waals surface area contributed by atoms with E-state index in [1.54, 1.807) is 23.0 Å². The molecule has 25 heavy (non-hydrogen) atoms. The molecule has 136 valence electrons. The first kappa shape index (κ1) is 17.5. The molecule has 1 aliphatic heterocycles. The number of rotatable bonds is 6. The predicted octanol–water partition coefficient (Wildman–Crippen LogP) is 2.13. The van der Waals surface area contributed by atoms with E-state index in [-0.39, 0.29) is 11.9 Å². The molecule has 1 atom stereocenters. The SMILES string of the molecule is COc1c(C2CCCN2CC(=O)N(C)Cc2ccco2)c(C)nn1C. The van der Waals surface area contributed by atoms with E-state index in [0.29, 0.717) is 13.1 Å². The number of ether oxygens (including phenoxy) is 1. The molecule has 0 radical (unpaired) electrons. The number of hydrogen-bond donors (Lipinski definition) is 0. The second kappa shape index (κ2) is 7.31. The third-order valence-electron chi connectivity index (χ3n) is 4.84. The Morgan fingerprint density at radius 2 is 2.32 bits per heavy atom. The van der Waals surface area contributed by atoms with Crippen LogP contribution >= 0.6 is 0 Å². The highest BCUT2D eigenvalue weighted by molar-refractivity contribution is 5.78. The first-order valence-corrected chi connectivity index (χ1v) is 8.59. The van der Waals surface area contributed by atoms with E-state index >= 15 is 0 Å². The first-order chi connectivity index (χ1) is 12.0. The van der Waals surface area contributed by atoms with Crippen LogP contribution in [0.25, 0.3) is 0 Å². The number of aryl methyl sites for hydroxylation is 2. The number of hydrogen-bond acceptors (Lipinski definition) is 5.